The van der Waals surface area contributed by atoms with Crippen LogP contribution in [0.5, 0.6) is 0 Å². The number of ether oxygens (including phenoxy) is 1. The van der Waals surface area contributed by atoms with Crippen molar-refractivity contribution in [3.8, 4) is 0 Å². The predicted molar refractivity (Wildman–Crippen MR) is 83.1 cm³/mol. The van der Waals surface area contributed by atoms with Crippen molar-refractivity contribution in [2.45, 2.75) is 64.0 Å². The largest absolute Gasteiger partial charge is 0.375 e. The average Bonchev–Trinajstić information content (AvgIpc) is 3.06. The van der Waals surface area contributed by atoms with E-state index in [4.69, 9.17) is 4.74 Å². The fourth-order valence-electron chi connectivity index (χ4n) is 4.02. The molecule has 1 aliphatic heterocycles. The molecule has 2 aliphatic rings. The van der Waals surface area contributed by atoms with Crippen molar-refractivity contribution in [3.63, 3.8) is 0 Å². The minimum absolute atomic E-state index is 0.204. The van der Waals surface area contributed by atoms with Crippen LogP contribution in [0.15, 0.2) is 5.51 Å². The first kappa shape index (κ1) is 14.5. The highest BCUT2D eigenvalue weighted by Crippen LogP contribution is 2.46. The van der Waals surface area contributed by atoms with Crippen LogP contribution in [0.25, 0.3) is 0 Å². The van der Waals surface area contributed by atoms with E-state index in [0.717, 1.165) is 13.2 Å². The van der Waals surface area contributed by atoms with Gasteiger partial charge < -0.3 is 10.1 Å². The molecule has 0 bridgehead atoms. The third kappa shape index (κ3) is 2.78. The molecule has 1 saturated carbocycles. The summed E-state index contributed by atoms with van der Waals surface area (Å²) in [5.41, 5.74) is 3.39. The highest BCUT2D eigenvalue weighted by molar-refractivity contribution is 7.09. The maximum absolute atomic E-state index is 6.19. The van der Waals surface area contributed by atoms with Crippen molar-refractivity contribution in [3.05, 3.63) is 16.1 Å². The van der Waals surface area contributed by atoms with E-state index >= 15 is 0 Å². The number of nitrogens with one attached hydrogen (secondary N) is 1. The normalized spacial score (nSPS) is 27.0. The van der Waals surface area contributed by atoms with Gasteiger partial charge in [0, 0.05) is 17.5 Å². The van der Waals surface area contributed by atoms with Crippen molar-refractivity contribution in [2.75, 3.05) is 13.2 Å². The lowest BCUT2D eigenvalue weighted by atomic mass is 9.80. The second-order valence-electron chi connectivity index (χ2n) is 6.33. The lowest BCUT2D eigenvalue weighted by molar-refractivity contribution is -0.0980. The molecule has 1 aromatic rings. The topological polar surface area (TPSA) is 34.2 Å². The molecule has 2 atom stereocenters. The van der Waals surface area contributed by atoms with E-state index in [0.29, 0.717) is 12.0 Å². The summed E-state index contributed by atoms with van der Waals surface area (Å²) in [5.74, 6) is 0.695. The molecule has 1 aliphatic carbocycles. The molecule has 4 heteroatoms. The fraction of sp³-hybridized carbons (Fsp3) is 0.812. The fourth-order valence-corrected chi connectivity index (χ4v) is 4.99. The van der Waals surface area contributed by atoms with Gasteiger partial charge in [0.25, 0.3) is 0 Å². The summed E-state index contributed by atoms with van der Waals surface area (Å²) in [4.78, 5) is 5.89. The monoisotopic (exact) mass is 294 g/mol. The zero-order chi connectivity index (χ0) is 14.0. The predicted octanol–water partition coefficient (Wildman–Crippen LogP) is 3.84. The van der Waals surface area contributed by atoms with Gasteiger partial charge in [0.1, 0.15) is 0 Å². The van der Waals surface area contributed by atoms with Crippen molar-refractivity contribution in [1.82, 2.24) is 10.3 Å². The van der Waals surface area contributed by atoms with Gasteiger partial charge in [-0.3, -0.25) is 0 Å². The summed E-state index contributed by atoms with van der Waals surface area (Å²) in [5, 5.41) is 3.72. The van der Waals surface area contributed by atoms with Crippen LogP contribution in [0.2, 0.25) is 0 Å². The van der Waals surface area contributed by atoms with Crippen LogP contribution in [0.4, 0.5) is 0 Å². The number of hydrogen-bond acceptors (Lipinski definition) is 4. The second-order valence-corrected chi connectivity index (χ2v) is 7.22. The number of aryl methyl sites for hydroxylation is 1. The van der Waals surface area contributed by atoms with Gasteiger partial charge in [0.15, 0.2) is 0 Å². The summed E-state index contributed by atoms with van der Waals surface area (Å²) in [6.45, 7) is 6.30. The van der Waals surface area contributed by atoms with Crippen LogP contribution in [0, 0.1) is 12.8 Å². The minimum Gasteiger partial charge on any atom is -0.375 e. The first-order valence-electron chi connectivity index (χ1n) is 8.01. The molecule has 1 N–H and O–H groups in total. The molecule has 2 fully saturated rings. The second kappa shape index (κ2) is 6.12. The Bertz CT molecular complexity index is 439. The smallest absolute Gasteiger partial charge is 0.0798 e. The molecule has 3 rings (SSSR count). The molecule has 2 heterocycles. The highest BCUT2D eigenvalue weighted by atomic mass is 32.1. The maximum atomic E-state index is 6.19. The zero-order valence-corrected chi connectivity index (χ0v) is 13.5. The van der Waals surface area contributed by atoms with E-state index in [9.17, 15) is 0 Å². The summed E-state index contributed by atoms with van der Waals surface area (Å²) in [6, 6.07) is 0.467. The molecule has 112 valence electrons. The molecule has 2 unspecified atom stereocenters. The van der Waals surface area contributed by atoms with Gasteiger partial charge in [-0.15, -0.1) is 11.3 Å². The Morgan fingerprint density at radius 2 is 2.30 bits per heavy atom. The molecular weight excluding hydrogens is 268 g/mol. The van der Waals surface area contributed by atoms with E-state index in [-0.39, 0.29) is 5.60 Å². The molecule has 20 heavy (non-hydrogen) atoms. The van der Waals surface area contributed by atoms with Gasteiger partial charge in [0.05, 0.1) is 16.8 Å². The van der Waals surface area contributed by atoms with Crippen LogP contribution in [0.3, 0.4) is 0 Å². The number of aromatic nitrogens is 1. The van der Waals surface area contributed by atoms with Gasteiger partial charge in [0.2, 0.25) is 0 Å². The van der Waals surface area contributed by atoms with E-state index in [2.05, 4.69) is 24.1 Å². The zero-order valence-electron chi connectivity index (χ0n) is 12.7. The Kier molecular flexibility index (Phi) is 4.43. The number of hydrogen-bond donors (Lipinski definition) is 1. The lowest BCUT2D eigenvalue weighted by Gasteiger charge is -2.41. The highest BCUT2D eigenvalue weighted by Gasteiger charge is 2.42. The molecule has 0 amide bonds. The summed E-state index contributed by atoms with van der Waals surface area (Å²) in [6.07, 6.45) is 7.63. The van der Waals surface area contributed by atoms with E-state index in [1.165, 1.54) is 49.1 Å². The van der Waals surface area contributed by atoms with Crippen molar-refractivity contribution in [1.29, 1.82) is 0 Å². The van der Waals surface area contributed by atoms with Gasteiger partial charge >= 0.3 is 0 Å². The van der Waals surface area contributed by atoms with Gasteiger partial charge in [-0.05, 0) is 45.1 Å². The van der Waals surface area contributed by atoms with Crippen LogP contribution in [0.1, 0.15) is 62.1 Å². The van der Waals surface area contributed by atoms with Crippen LogP contribution in [-0.4, -0.2) is 23.7 Å². The number of nitrogens with zero attached hydrogens (tertiary/aromatic N) is 1. The molecule has 1 aromatic heterocycles. The molecule has 3 nitrogen and oxygen atoms in total. The van der Waals surface area contributed by atoms with Crippen molar-refractivity contribution < 1.29 is 4.74 Å². The first-order valence-corrected chi connectivity index (χ1v) is 8.89. The minimum atomic E-state index is 0.204. The summed E-state index contributed by atoms with van der Waals surface area (Å²) >= 11 is 1.81. The lowest BCUT2D eigenvalue weighted by Crippen LogP contribution is -2.42. The standard InChI is InChI=1S/C16H26N2OS/c1-3-17-14(15-12(2)18-11-20-15)13-6-9-19-16(10-13)7-4-5-8-16/h11,13-14,17H,3-10H2,1-2H3. The summed E-state index contributed by atoms with van der Waals surface area (Å²) in [7, 11) is 0. The van der Waals surface area contributed by atoms with Crippen LogP contribution in [-0.2, 0) is 4.74 Å². The summed E-state index contributed by atoms with van der Waals surface area (Å²) < 4.78 is 6.19. The van der Waals surface area contributed by atoms with Crippen LogP contribution >= 0.6 is 11.3 Å². The van der Waals surface area contributed by atoms with Crippen molar-refractivity contribution >= 4 is 11.3 Å². The quantitative estimate of drug-likeness (QED) is 0.916. The van der Waals surface area contributed by atoms with Gasteiger partial charge in [-0.2, -0.15) is 0 Å². The molecule has 0 aromatic carbocycles. The Labute approximate surface area is 126 Å². The SMILES string of the molecule is CCNC(c1scnc1C)C1CCOC2(CCCC2)C1. The Balaban J connectivity index is 1.79. The maximum Gasteiger partial charge on any atom is 0.0798 e. The number of thiazole rings is 1. The third-order valence-electron chi connectivity index (χ3n) is 5.01. The van der Waals surface area contributed by atoms with E-state index in [1.54, 1.807) is 0 Å². The van der Waals surface area contributed by atoms with Gasteiger partial charge in [-0.25, -0.2) is 4.98 Å². The Morgan fingerprint density at radius 1 is 1.50 bits per heavy atom. The third-order valence-corrected chi connectivity index (χ3v) is 6.02. The molecule has 0 radical (unpaired) electrons. The van der Waals surface area contributed by atoms with E-state index in [1.807, 2.05) is 16.8 Å². The van der Waals surface area contributed by atoms with Crippen LogP contribution < -0.4 is 5.32 Å². The van der Waals surface area contributed by atoms with E-state index < -0.39 is 0 Å². The molecule has 1 spiro atoms. The molecular formula is C16H26N2OS. The molecule has 1 saturated heterocycles. The number of rotatable bonds is 4. The van der Waals surface area contributed by atoms with Gasteiger partial charge in [-0.1, -0.05) is 19.8 Å². The average molecular weight is 294 g/mol. The Morgan fingerprint density at radius 3 is 2.95 bits per heavy atom. The first-order chi connectivity index (χ1) is 9.74. The Hall–Kier alpha value is -0.450. The van der Waals surface area contributed by atoms with Crippen molar-refractivity contribution in [2.24, 2.45) is 5.92 Å².